The van der Waals surface area contributed by atoms with Crippen molar-refractivity contribution in [1.29, 1.82) is 0 Å². The van der Waals surface area contributed by atoms with Gasteiger partial charge in [0.1, 0.15) is 28.6 Å². The maximum absolute atomic E-state index is 13.9. The van der Waals surface area contributed by atoms with Crippen LogP contribution in [0.5, 0.6) is 11.5 Å². The number of fused-ring (bicyclic) bond motifs is 3. The molecule has 1 aromatic carbocycles. The van der Waals surface area contributed by atoms with Crippen molar-refractivity contribution < 1.29 is 39.5 Å². The van der Waals surface area contributed by atoms with Crippen LogP contribution in [-0.2, 0) is 27.3 Å². The van der Waals surface area contributed by atoms with Gasteiger partial charge in [-0.2, -0.15) is 0 Å². The van der Waals surface area contributed by atoms with Gasteiger partial charge in [0.25, 0.3) is 5.91 Å². The van der Waals surface area contributed by atoms with E-state index in [4.69, 9.17) is 10.5 Å². The third-order valence-electron chi connectivity index (χ3n) is 8.90. The number of phenolic OH excluding ortho intramolecular Hbond substituents is 1. The quantitative estimate of drug-likeness (QED) is 0.271. The summed E-state index contributed by atoms with van der Waals surface area (Å²) in [7, 11) is 4.63. The normalized spacial score (nSPS) is 29.2. The summed E-state index contributed by atoms with van der Waals surface area (Å²) >= 11 is 0. The zero-order valence-corrected chi connectivity index (χ0v) is 22.4. The van der Waals surface area contributed by atoms with Crippen LogP contribution < -0.4 is 15.8 Å². The van der Waals surface area contributed by atoms with Crippen LogP contribution in [0.25, 0.3) is 5.76 Å². The minimum absolute atomic E-state index is 0.0159. The fourth-order valence-corrected chi connectivity index (χ4v) is 6.78. The summed E-state index contributed by atoms with van der Waals surface area (Å²) in [6.07, 6.45) is 2.55. The highest BCUT2D eigenvalue weighted by atomic mass is 16.5. The fourth-order valence-electron chi connectivity index (χ4n) is 6.78. The van der Waals surface area contributed by atoms with Crippen LogP contribution in [0.15, 0.2) is 23.0 Å². The number of hydrogen-bond donors (Lipinski definition) is 6. The van der Waals surface area contributed by atoms with Gasteiger partial charge in [0.2, 0.25) is 5.78 Å². The van der Waals surface area contributed by atoms with Gasteiger partial charge >= 0.3 is 0 Å². The van der Waals surface area contributed by atoms with Gasteiger partial charge in [-0.15, -0.1) is 0 Å². The first-order valence-electron chi connectivity index (χ1n) is 13.1. The molecule has 2 fully saturated rings. The Labute approximate surface area is 225 Å². The molecule has 0 radical (unpaired) electrons. The molecule has 39 heavy (non-hydrogen) atoms. The molecule has 5 rings (SSSR count). The second-order valence-electron chi connectivity index (χ2n) is 11.4. The zero-order chi connectivity index (χ0) is 28.5. The Morgan fingerprint density at radius 1 is 1.26 bits per heavy atom. The van der Waals surface area contributed by atoms with E-state index in [0.29, 0.717) is 35.4 Å². The molecule has 2 saturated carbocycles. The van der Waals surface area contributed by atoms with Crippen LogP contribution in [0.4, 0.5) is 0 Å². The van der Waals surface area contributed by atoms with E-state index in [-0.39, 0.29) is 29.7 Å². The number of carbonyl (C=O) groups is 3. The standard InChI is InChI=1S/C28H35N3O8/c1-11(12-5-6-12)30-10-14-9-17(32)19-15(24(14)39-4)7-13-8-16-21(31(2)3)23(34)20(27(29)37)26(36)28(16,38)25(35)18(13)22(19)33/h9,11-13,16,21,30,32-33,36,38H,5-8,10H2,1-4H3,(H2,29,37)/t11-,13+,16+,21+,28+/m1/s1. The van der Waals surface area contributed by atoms with E-state index in [1.807, 2.05) is 0 Å². The lowest BCUT2D eigenvalue weighted by molar-refractivity contribution is -0.153. The van der Waals surface area contributed by atoms with Gasteiger partial charge < -0.3 is 36.2 Å². The first-order chi connectivity index (χ1) is 18.3. The Bertz CT molecular complexity index is 1340. The van der Waals surface area contributed by atoms with E-state index in [1.54, 1.807) is 14.1 Å². The molecule has 0 unspecified atom stereocenters. The van der Waals surface area contributed by atoms with Crippen molar-refractivity contribution in [3.8, 4) is 11.5 Å². The van der Waals surface area contributed by atoms with Crippen molar-refractivity contribution in [3.05, 3.63) is 39.7 Å². The molecule has 11 nitrogen and oxygen atoms in total. The number of rotatable bonds is 7. The highest BCUT2D eigenvalue weighted by Gasteiger charge is 2.64. The van der Waals surface area contributed by atoms with Gasteiger partial charge in [-0.05, 0) is 64.6 Å². The third kappa shape index (κ3) is 3.94. The van der Waals surface area contributed by atoms with Crippen LogP contribution >= 0.6 is 0 Å². The monoisotopic (exact) mass is 541 g/mol. The Morgan fingerprint density at radius 2 is 1.92 bits per heavy atom. The minimum atomic E-state index is -2.66. The number of nitrogens with one attached hydrogen (secondary N) is 1. The molecule has 0 aromatic heterocycles. The number of Topliss-reactive ketones (excluding diaryl/α,β-unsaturated/α-hetero) is 2. The first-order valence-corrected chi connectivity index (χ1v) is 13.1. The summed E-state index contributed by atoms with van der Waals surface area (Å²) in [6, 6.07) is 0.646. The number of aliphatic hydroxyl groups is 3. The van der Waals surface area contributed by atoms with E-state index >= 15 is 0 Å². The van der Waals surface area contributed by atoms with E-state index in [9.17, 15) is 34.8 Å². The number of nitrogens with two attached hydrogens (primary N) is 1. The molecule has 11 heteroatoms. The average Bonchev–Trinajstić information content (AvgIpc) is 3.70. The lowest BCUT2D eigenvalue weighted by Gasteiger charge is -2.50. The Morgan fingerprint density at radius 3 is 2.49 bits per heavy atom. The molecule has 5 atom stereocenters. The van der Waals surface area contributed by atoms with Crippen LogP contribution in [-0.4, -0.2) is 81.7 Å². The number of benzene rings is 1. The van der Waals surface area contributed by atoms with Gasteiger partial charge in [-0.3, -0.25) is 19.3 Å². The summed E-state index contributed by atoms with van der Waals surface area (Å²) in [5, 5.41) is 48.4. The van der Waals surface area contributed by atoms with Gasteiger partial charge in [0, 0.05) is 35.2 Å². The van der Waals surface area contributed by atoms with Crippen molar-refractivity contribution in [2.45, 2.75) is 56.8 Å². The highest BCUT2D eigenvalue weighted by molar-refractivity contribution is 6.24. The van der Waals surface area contributed by atoms with Crippen molar-refractivity contribution in [2.24, 2.45) is 23.5 Å². The fraction of sp³-hybridized carbons (Fsp3) is 0.536. The van der Waals surface area contributed by atoms with Crippen molar-refractivity contribution in [3.63, 3.8) is 0 Å². The number of phenols is 1. The predicted octanol–water partition coefficient (Wildman–Crippen LogP) is 0.861. The number of methoxy groups -OCH3 is 1. The van der Waals surface area contributed by atoms with E-state index in [0.717, 1.165) is 0 Å². The topological polar surface area (TPSA) is 183 Å². The molecule has 0 saturated heterocycles. The number of aromatic hydroxyl groups is 1. The molecular weight excluding hydrogens is 506 g/mol. The molecule has 7 N–H and O–H groups in total. The first kappa shape index (κ1) is 27.2. The van der Waals surface area contributed by atoms with Crippen LogP contribution in [0, 0.1) is 17.8 Å². The van der Waals surface area contributed by atoms with Crippen LogP contribution in [0.2, 0.25) is 0 Å². The van der Waals surface area contributed by atoms with Gasteiger partial charge in [0.15, 0.2) is 11.4 Å². The predicted molar refractivity (Wildman–Crippen MR) is 140 cm³/mol. The van der Waals surface area contributed by atoms with Crippen LogP contribution in [0.1, 0.15) is 42.9 Å². The van der Waals surface area contributed by atoms with Crippen molar-refractivity contribution in [2.75, 3.05) is 21.2 Å². The number of amides is 1. The van der Waals surface area contributed by atoms with E-state index < -0.39 is 58.0 Å². The van der Waals surface area contributed by atoms with Crippen molar-refractivity contribution in [1.82, 2.24) is 10.2 Å². The molecule has 1 aromatic rings. The van der Waals surface area contributed by atoms with Crippen molar-refractivity contribution >= 4 is 23.2 Å². The molecule has 0 bridgehead atoms. The second kappa shape index (κ2) is 9.35. The van der Waals surface area contributed by atoms with Gasteiger partial charge in [-0.25, -0.2) is 0 Å². The lowest BCUT2D eigenvalue weighted by Crippen LogP contribution is -2.65. The second-order valence-corrected chi connectivity index (χ2v) is 11.4. The summed E-state index contributed by atoms with van der Waals surface area (Å²) in [6.45, 7) is 2.54. The molecule has 1 amide bonds. The van der Waals surface area contributed by atoms with Crippen LogP contribution in [0.3, 0.4) is 0 Å². The van der Waals surface area contributed by atoms with E-state index in [1.165, 1.54) is 30.9 Å². The lowest BCUT2D eigenvalue weighted by atomic mass is 9.57. The average molecular weight is 542 g/mol. The molecule has 0 heterocycles. The smallest absolute Gasteiger partial charge is 0.255 e. The maximum atomic E-state index is 13.9. The summed E-state index contributed by atoms with van der Waals surface area (Å²) in [4.78, 5) is 40.7. The number of ketones is 2. The number of primary amides is 1. The molecule has 210 valence electrons. The van der Waals surface area contributed by atoms with E-state index in [2.05, 4.69) is 12.2 Å². The highest BCUT2D eigenvalue weighted by Crippen LogP contribution is 2.54. The SMILES string of the molecule is COc1c(CN[C@H](C)C2CC2)cc(O)c2c1C[C@H]1C[C@H]3[C@H](N(C)C)C(=O)C(C(N)=O)=C(O)[C@@]3(O)C(=O)C1=C2O. The number of likely N-dealkylation sites (N-methyl/N-ethyl adjacent to an activating group) is 1. The van der Waals surface area contributed by atoms with Gasteiger partial charge in [-0.1, -0.05) is 0 Å². The Kier molecular flexibility index (Phi) is 6.52. The molecule has 0 aliphatic heterocycles. The maximum Gasteiger partial charge on any atom is 0.255 e. The summed E-state index contributed by atoms with van der Waals surface area (Å²) in [5.41, 5.74) is 2.90. The Hall–Kier alpha value is -3.41. The summed E-state index contributed by atoms with van der Waals surface area (Å²) in [5.74, 6) is -5.67. The molecule has 4 aliphatic rings. The minimum Gasteiger partial charge on any atom is -0.508 e. The largest absolute Gasteiger partial charge is 0.508 e. The number of carbonyl (C=O) groups excluding carboxylic acids is 3. The number of nitrogens with zero attached hydrogens (tertiary/aromatic N) is 1. The number of ether oxygens (including phenoxy) is 1. The van der Waals surface area contributed by atoms with Gasteiger partial charge in [0.05, 0.1) is 18.7 Å². The zero-order valence-electron chi connectivity index (χ0n) is 22.4. The molecule has 0 spiro atoms. The Balaban J connectivity index is 1.63. The third-order valence-corrected chi connectivity index (χ3v) is 8.90. The molecule has 4 aliphatic carbocycles. The number of aliphatic hydroxyl groups excluding tert-OH is 2. The summed E-state index contributed by atoms with van der Waals surface area (Å²) < 4.78 is 5.74. The number of hydrogen-bond acceptors (Lipinski definition) is 10. The molecular formula is C28H35N3O8.